The molecule has 2 aromatic carbocycles. The first-order valence-corrected chi connectivity index (χ1v) is 25.1. The van der Waals surface area contributed by atoms with Gasteiger partial charge in [-0.2, -0.15) is 9.13 Å². The van der Waals surface area contributed by atoms with E-state index in [-0.39, 0.29) is 0 Å². The predicted octanol–water partition coefficient (Wildman–Crippen LogP) is 6.63. The standard InChI is InChI=1S/C27H36IN2.I3/c1-17(2)21-11-9-12-22(18(3)4)25(21)29-15-16-30(27(29)28)26-23(19(5)6)13-10-14-24(26)20(7)8;1-3-2/h9-20H,1-8H3;/q+1;-1. The van der Waals surface area contributed by atoms with Gasteiger partial charge in [0.05, 0.1) is 22.6 Å². The van der Waals surface area contributed by atoms with Crippen molar-refractivity contribution in [3.8, 4) is 11.4 Å². The van der Waals surface area contributed by atoms with Crippen molar-refractivity contribution in [2.24, 2.45) is 0 Å². The third-order valence-corrected chi connectivity index (χ3v) is 6.97. The zero-order valence-corrected chi connectivity index (χ0v) is 29.5. The molecular weight excluding hydrogens is 860 g/mol. The van der Waals surface area contributed by atoms with Crippen LogP contribution in [0.15, 0.2) is 48.8 Å². The van der Waals surface area contributed by atoms with E-state index in [0.717, 1.165) is 0 Å². The van der Waals surface area contributed by atoms with Gasteiger partial charge in [0.1, 0.15) is 23.8 Å². The molecule has 6 heteroatoms. The van der Waals surface area contributed by atoms with Crippen molar-refractivity contribution in [2.45, 2.75) is 79.1 Å². The summed E-state index contributed by atoms with van der Waals surface area (Å²) in [5.41, 5.74) is 8.31. The SMILES string of the molecule is CC(C)c1cccc(C(C)C)c1-n1cc[n+](-c2c(C(C)C)cccc2C(C)C)c1I.I[I-]I. The van der Waals surface area contributed by atoms with Crippen molar-refractivity contribution >= 4 is 59.8 Å². The van der Waals surface area contributed by atoms with E-state index in [4.69, 9.17) is 0 Å². The summed E-state index contributed by atoms with van der Waals surface area (Å²) in [6.07, 6.45) is 4.49. The fraction of sp³-hybridized carbons (Fsp3) is 0.444. The van der Waals surface area contributed by atoms with Gasteiger partial charge in [0.25, 0.3) is 0 Å². The number of rotatable bonds is 6. The fourth-order valence-corrected chi connectivity index (χ4v) is 5.09. The van der Waals surface area contributed by atoms with Crippen LogP contribution < -0.4 is 17.8 Å². The van der Waals surface area contributed by atoms with E-state index < -0.39 is 0 Å². The van der Waals surface area contributed by atoms with Crippen LogP contribution in [-0.2, 0) is 0 Å². The number of nitrogens with zero attached hydrogens (tertiary/aromatic N) is 2. The molecule has 0 aliphatic rings. The summed E-state index contributed by atoms with van der Waals surface area (Å²) in [5, 5.41) is 0. The van der Waals surface area contributed by atoms with Gasteiger partial charge in [-0.1, -0.05) is 91.8 Å². The molecule has 0 saturated carbocycles. The molecule has 0 N–H and O–H groups in total. The fourth-order valence-electron chi connectivity index (χ4n) is 4.29. The van der Waals surface area contributed by atoms with E-state index in [1.54, 1.807) is 0 Å². The van der Waals surface area contributed by atoms with Gasteiger partial charge in [-0.05, 0) is 23.7 Å². The maximum atomic E-state index is 2.53. The minimum absolute atomic E-state index is 0.472. The number of benzene rings is 2. The first-order valence-electron chi connectivity index (χ1n) is 11.5. The van der Waals surface area contributed by atoms with E-state index >= 15 is 0 Å². The van der Waals surface area contributed by atoms with Crippen molar-refractivity contribution in [3.05, 3.63) is 74.9 Å². The molecule has 0 spiro atoms. The van der Waals surface area contributed by atoms with E-state index in [2.05, 4.69) is 173 Å². The molecule has 0 aliphatic heterocycles. The summed E-state index contributed by atoms with van der Waals surface area (Å²) in [6, 6.07) is 13.6. The average molecular weight is 896 g/mol. The van der Waals surface area contributed by atoms with Crippen molar-refractivity contribution in [1.82, 2.24) is 4.57 Å². The number of aromatic nitrogens is 2. The molecule has 0 radical (unpaired) electrons. The summed E-state index contributed by atoms with van der Waals surface area (Å²) >= 11 is 7.83. The molecule has 0 saturated heterocycles. The maximum absolute atomic E-state index is 2.53. The summed E-state index contributed by atoms with van der Waals surface area (Å²) < 4.78 is 6.01. The normalized spacial score (nSPS) is 11.6. The van der Waals surface area contributed by atoms with Crippen LogP contribution in [0, 0.1) is 3.83 Å². The Morgan fingerprint density at radius 1 is 0.697 bits per heavy atom. The molecule has 182 valence electrons. The Morgan fingerprint density at radius 2 is 1.06 bits per heavy atom. The first-order chi connectivity index (χ1) is 15.6. The van der Waals surface area contributed by atoms with Gasteiger partial charge < -0.3 is 0 Å². The zero-order valence-electron chi connectivity index (χ0n) is 20.8. The second-order valence-electron chi connectivity index (χ2n) is 9.55. The second-order valence-corrected chi connectivity index (χ2v) is 26.8. The monoisotopic (exact) mass is 896 g/mol. The molecule has 0 fully saturated rings. The minimum atomic E-state index is 0.472. The average Bonchev–Trinajstić information content (AvgIpc) is 3.13. The Bertz CT molecular complexity index is 919. The van der Waals surface area contributed by atoms with Crippen molar-refractivity contribution in [3.63, 3.8) is 0 Å². The van der Waals surface area contributed by atoms with Gasteiger partial charge in [-0.15, -0.1) is 0 Å². The summed E-state index contributed by atoms with van der Waals surface area (Å²) in [5.74, 6) is 1.89. The first kappa shape index (κ1) is 29.8. The van der Waals surface area contributed by atoms with Crippen molar-refractivity contribution < 1.29 is 17.8 Å². The van der Waals surface area contributed by atoms with Crippen LogP contribution in [0.3, 0.4) is 0 Å². The number of halogens is 4. The third-order valence-electron chi connectivity index (χ3n) is 5.93. The number of hydrogen-bond acceptors (Lipinski definition) is 0. The van der Waals surface area contributed by atoms with Crippen LogP contribution in [0.25, 0.3) is 11.4 Å². The molecule has 0 aliphatic carbocycles. The topological polar surface area (TPSA) is 8.81 Å². The molecule has 1 aromatic heterocycles. The summed E-state index contributed by atoms with van der Waals surface area (Å²) in [7, 11) is 0. The van der Waals surface area contributed by atoms with Gasteiger partial charge >= 0.3 is 54.3 Å². The molecule has 0 bridgehead atoms. The van der Waals surface area contributed by atoms with Gasteiger partial charge in [0, 0.05) is 22.3 Å². The molecule has 3 aromatic rings. The van der Waals surface area contributed by atoms with Gasteiger partial charge in [0.2, 0.25) is 0 Å². The van der Waals surface area contributed by atoms with Crippen LogP contribution in [0.2, 0.25) is 0 Å². The number of hydrogen-bond donors (Lipinski definition) is 0. The predicted molar refractivity (Wildman–Crippen MR) is 164 cm³/mol. The van der Waals surface area contributed by atoms with Crippen LogP contribution >= 0.6 is 59.8 Å². The molecule has 0 atom stereocenters. The van der Waals surface area contributed by atoms with E-state index in [1.165, 1.54) is 37.5 Å². The summed E-state index contributed by atoms with van der Waals surface area (Å²) in [6.45, 7) is 18.3. The van der Waals surface area contributed by atoms with Crippen LogP contribution in [0.1, 0.15) is 101 Å². The van der Waals surface area contributed by atoms with Crippen LogP contribution in [0.4, 0.5) is 0 Å². The Kier molecular flexibility index (Phi) is 12.4. The van der Waals surface area contributed by atoms with E-state index in [1.807, 2.05) is 0 Å². The molecule has 3 rings (SSSR count). The third kappa shape index (κ3) is 7.08. The molecule has 1 heterocycles. The Labute approximate surface area is 244 Å². The van der Waals surface area contributed by atoms with Crippen LogP contribution in [0.5, 0.6) is 0 Å². The Hall–Kier alpha value is 0.570. The number of imidazole rings is 1. The van der Waals surface area contributed by atoms with Crippen molar-refractivity contribution in [1.29, 1.82) is 0 Å². The molecule has 33 heavy (non-hydrogen) atoms. The molecule has 0 unspecified atom stereocenters. The zero-order chi connectivity index (χ0) is 24.9. The molecular formula is C27H36I4N2. The van der Waals surface area contributed by atoms with E-state index in [9.17, 15) is 0 Å². The summed E-state index contributed by atoms with van der Waals surface area (Å²) in [4.78, 5) is 0. The van der Waals surface area contributed by atoms with Crippen LogP contribution in [-0.4, -0.2) is 4.57 Å². The second kappa shape index (κ2) is 13.8. The van der Waals surface area contributed by atoms with Crippen molar-refractivity contribution in [2.75, 3.05) is 0 Å². The van der Waals surface area contributed by atoms with E-state index in [0.29, 0.717) is 36.9 Å². The van der Waals surface area contributed by atoms with Gasteiger partial charge in [-0.3, -0.25) is 0 Å². The Balaban J connectivity index is 0.00000122. The molecule has 0 amide bonds. The van der Waals surface area contributed by atoms with Gasteiger partial charge in [0.15, 0.2) is 0 Å². The van der Waals surface area contributed by atoms with Gasteiger partial charge in [-0.25, -0.2) is 0 Å². The Morgan fingerprint density at radius 3 is 1.42 bits per heavy atom. The number of para-hydroxylation sites is 2. The molecule has 2 nitrogen and oxygen atoms in total. The quantitative estimate of drug-likeness (QED) is 0.195.